The zero-order valence-corrected chi connectivity index (χ0v) is 15.1. The number of hydrogen-bond donors (Lipinski definition) is 2. The number of rotatable bonds is 5. The summed E-state index contributed by atoms with van der Waals surface area (Å²) in [4.78, 5) is 8.92. The molecule has 2 N–H and O–H groups in total. The van der Waals surface area contributed by atoms with Crippen molar-refractivity contribution in [2.24, 2.45) is 10.4 Å². The van der Waals surface area contributed by atoms with E-state index in [1.165, 1.54) is 25.7 Å². The average Bonchev–Trinajstić information content (AvgIpc) is 3.17. The number of aliphatic imine (C=N–C) groups is 1. The van der Waals surface area contributed by atoms with Gasteiger partial charge in [0.05, 0.1) is 6.54 Å². The van der Waals surface area contributed by atoms with Crippen molar-refractivity contribution >= 4 is 5.96 Å². The van der Waals surface area contributed by atoms with Gasteiger partial charge in [0.15, 0.2) is 11.8 Å². The number of nitrogens with zero attached hydrogens (tertiary/aromatic N) is 4. The van der Waals surface area contributed by atoms with Gasteiger partial charge in [-0.1, -0.05) is 19.8 Å². The largest absolute Gasteiger partial charge is 0.377 e. The molecule has 1 aliphatic heterocycles. The molecule has 1 unspecified atom stereocenters. The summed E-state index contributed by atoms with van der Waals surface area (Å²) >= 11 is 0. The lowest BCUT2D eigenvalue weighted by atomic mass is 9.89. The van der Waals surface area contributed by atoms with E-state index in [1.807, 2.05) is 11.7 Å². The van der Waals surface area contributed by atoms with Crippen molar-refractivity contribution < 1.29 is 4.74 Å². The van der Waals surface area contributed by atoms with Gasteiger partial charge < -0.3 is 15.4 Å². The third-order valence-corrected chi connectivity index (χ3v) is 5.23. The first-order chi connectivity index (χ1) is 11.6. The van der Waals surface area contributed by atoms with E-state index in [0.29, 0.717) is 18.1 Å². The highest BCUT2D eigenvalue weighted by atomic mass is 16.5. The molecule has 0 aromatic carbocycles. The van der Waals surface area contributed by atoms with Crippen LogP contribution in [0.15, 0.2) is 4.99 Å². The van der Waals surface area contributed by atoms with Gasteiger partial charge in [-0.2, -0.15) is 5.10 Å². The summed E-state index contributed by atoms with van der Waals surface area (Å²) in [5, 5.41) is 11.6. The fraction of sp³-hybridized carbons (Fsp3) is 0.824. The first-order valence-electron chi connectivity index (χ1n) is 9.00. The Bertz CT molecular complexity index is 576. The van der Waals surface area contributed by atoms with Gasteiger partial charge in [-0.25, -0.2) is 9.67 Å². The molecular weight excluding hydrogens is 304 g/mol. The fourth-order valence-corrected chi connectivity index (χ4v) is 3.76. The van der Waals surface area contributed by atoms with Crippen LogP contribution in [0.25, 0.3) is 0 Å². The van der Waals surface area contributed by atoms with Gasteiger partial charge in [-0.15, -0.1) is 0 Å². The molecule has 7 heteroatoms. The minimum atomic E-state index is 0.331. The Morgan fingerprint density at radius 2 is 2.21 bits per heavy atom. The van der Waals surface area contributed by atoms with Crippen molar-refractivity contribution in [3.63, 3.8) is 0 Å². The molecule has 0 bridgehead atoms. The number of aromatic nitrogens is 3. The molecule has 1 atom stereocenters. The van der Waals surface area contributed by atoms with E-state index in [-0.39, 0.29) is 0 Å². The Hall–Kier alpha value is -1.63. The Labute approximate surface area is 144 Å². The summed E-state index contributed by atoms with van der Waals surface area (Å²) < 4.78 is 7.12. The van der Waals surface area contributed by atoms with E-state index >= 15 is 0 Å². The minimum absolute atomic E-state index is 0.331. The zero-order valence-electron chi connectivity index (χ0n) is 15.1. The molecule has 1 aliphatic carbocycles. The van der Waals surface area contributed by atoms with Gasteiger partial charge in [0, 0.05) is 33.2 Å². The number of fused-ring (bicyclic) bond motifs is 1. The van der Waals surface area contributed by atoms with Crippen molar-refractivity contribution in [2.45, 2.75) is 64.6 Å². The molecule has 0 amide bonds. The van der Waals surface area contributed by atoms with E-state index in [4.69, 9.17) is 4.74 Å². The van der Waals surface area contributed by atoms with E-state index in [2.05, 4.69) is 32.6 Å². The number of ether oxygens (including phenoxy) is 1. The molecular formula is C17H30N6O. The highest BCUT2D eigenvalue weighted by Crippen LogP contribution is 2.36. The van der Waals surface area contributed by atoms with Gasteiger partial charge in [-0.3, -0.25) is 4.99 Å². The lowest BCUT2D eigenvalue weighted by Gasteiger charge is -2.28. The second-order valence-electron chi connectivity index (χ2n) is 7.38. The van der Waals surface area contributed by atoms with Gasteiger partial charge in [0.25, 0.3) is 0 Å². The maximum Gasteiger partial charge on any atom is 0.191 e. The first-order valence-corrected chi connectivity index (χ1v) is 9.00. The van der Waals surface area contributed by atoms with Gasteiger partial charge in [0.2, 0.25) is 0 Å². The van der Waals surface area contributed by atoms with Crippen LogP contribution < -0.4 is 10.6 Å². The predicted molar refractivity (Wildman–Crippen MR) is 93.9 cm³/mol. The molecule has 1 saturated carbocycles. The molecule has 134 valence electrons. The molecule has 7 nitrogen and oxygen atoms in total. The number of guanidine groups is 1. The third-order valence-electron chi connectivity index (χ3n) is 5.23. The molecule has 0 spiro atoms. The van der Waals surface area contributed by atoms with Crippen LogP contribution >= 0.6 is 0 Å². The topological polar surface area (TPSA) is 76.4 Å². The monoisotopic (exact) mass is 334 g/mol. The Morgan fingerprint density at radius 1 is 1.42 bits per heavy atom. The Balaban J connectivity index is 1.53. The third kappa shape index (κ3) is 4.06. The molecule has 3 rings (SSSR count). The summed E-state index contributed by atoms with van der Waals surface area (Å²) in [5.41, 5.74) is 0.415. The lowest BCUT2D eigenvalue weighted by Crippen LogP contribution is -2.49. The zero-order chi connectivity index (χ0) is 17.0. The van der Waals surface area contributed by atoms with Crippen LogP contribution in [0.4, 0.5) is 0 Å². The normalized spacial score (nSPS) is 23.1. The molecule has 2 aliphatic rings. The van der Waals surface area contributed by atoms with E-state index in [9.17, 15) is 0 Å². The molecule has 0 radical (unpaired) electrons. The van der Waals surface area contributed by atoms with Crippen LogP contribution in [0.2, 0.25) is 0 Å². The molecule has 24 heavy (non-hydrogen) atoms. The quantitative estimate of drug-likeness (QED) is 0.630. The van der Waals surface area contributed by atoms with Crippen LogP contribution in [-0.4, -0.2) is 47.5 Å². The second kappa shape index (κ2) is 7.51. The average molecular weight is 334 g/mol. The summed E-state index contributed by atoms with van der Waals surface area (Å²) in [5.74, 6) is 2.72. The van der Waals surface area contributed by atoms with Crippen LogP contribution in [-0.2, 0) is 24.3 Å². The maximum absolute atomic E-state index is 5.12. The van der Waals surface area contributed by atoms with Crippen molar-refractivity contribution in [3.05, 3.63) is 11.6 Å². The smallest absolute Gasteiger partial charge is 0.191 e. The van der Waals surface area contributed by atoms with Crippen LogP contribution in [0, 0.1) is 5.41 Å². The van der Waals surface area contributed by atoms with Gasteiger partial charge in [0.1, 0.15) is 12.4 Å². The van der Waals surface area contributed by atoms with E-state index in [1.54, 1.807) is 7.11 Å². The summed E-state index contributed by atoms with van der Waals surface area (Å²) in [6, 6.07) is 0.331. The maximum atomic E-state index is 5.12. The van der Waals surface area contributed by atoms with Gasteiger partial charge >= 0.3 is 0 Å². The molecule has 1 aromatic heterocycles. The van der Waals surface area contributed by atoms with Crippen molar-refractivity contribution in [2.75, 3.05) is 20.7 Å². The lowest BCUT2D eigenvalue weighted by molar-refractivity contribution is 0.177. The number of nitrogens with one attached hydrogen (secondary N) is 2. The first kappa shape index (κ1) is 17.2. The van der Waals surface area contributed by atoms with Crippen LogP contribution in [0.3, 0.4) is 0 Å². The van der Waals surface area contributed by atoms with Gasteiger partial charge in [-0.05, 0) is 24.7 Å². The highest BCUT2D eigenvalue weighted by molar-refractivity contribution is 5.80. The van der Waals surface area contributed by atoms with E-state index < -0.39 is 0 Å². The van der Waals surface area contributed by atoms with Crippen molar-refractivity contribution in [1.29, 1.82) is 0 Å². The summed E-state index contributed by atoms with van der Waals surface area (Å²) in [6.07, 6.45) is 7.31. The Morgan fingerprint density at radius 3 is 2.92 bits per heavy atom. The van der Waals surface area contributed by atoms with Crippen molar-refractivity contribution in [1.82, 2.24) is 25.4 Å². The van der Waals surface area contributed by atoms with E-state index in [0.717, 1.165) is 43.5 Å². The molecule has 1 aromatic rings. The van der Waals surface area contributed by atoms with Crippen LogP contribution in [0.1, 0.15) is 50.7 Å². The molecule has 2 heterocycles. The standard InChI is InChI=1S/C17H30N6O/c1-17(8-4-5-9-17)12-19-16(18-2)20-13-6-7-15-21-14(11-24-3)22-23(15)10-13/h13H,4-12H2,1-3H3,(H2,18,19,20). The predicted octanol–water partition coefficient (Wildman–Crippen LogP) is 1.48. The summed E-state index contributed by atoms with van der Waals surface area (Å²) in [7, 11) is 3.51. The van der Waals surface area contributed by atoms with Crippen molar-refractivity contribution in [3.8, 4) is 0 Å². The summed E-state index contributed by atoms with van der Waals surface area (Å²) in [6.45, 7) is 4.66. The Kier molecular flexibility index (Phi) is 5.38. The van der Waals surface area contributed by atoms with Crippen LogP contribution in [0.5, 0.6) is 0 Å². The second-order valence-corrected chi connectivity index (χ2v) is 7.38. The molecule has 0 saturated heterocycles. The number of aryl methyl sites for hydroxylation is 1. The minimum Gasteiger partial charge on any atom is -0.377 e. The number of methoxy groups -OCH3 is 1. The number of hydrogen-bond acceptors (Lipinski definition) is 4. The molecule has 1 fully saturated rings. The highest BCUT2D eigenvalue weighted by Gasteiger charge is 2.29. The SMILES string of the molecule is CN=C(NCC1(C)CCCC1)NC1CCc2nc(COC)nn2C1. The fourth-order valence-electron chi connectivity index (χ4n) is 3.76.